The Balaban J connectivity index is 1.90. The van der Waals surface area contributed by atoms with Gasteiger partial charge in [0.1, 0.15) is 0 Å². The molecule has 2 rings (SSSR count). The predicted molar refractivity (Wildman–Crippen MR) is 128 cm³/mol. The standard InChI is InChI=1S/C26H45N3/c1-5-7-9-11-13-15-17-28(18-16-14-12-10-8-6-2)22-29-21-27-25-19-23(3)24(4)20-26(25)29/h19-21H,5-18,22H2,1-4H3. The van der Waals surface area contributed by atoms with Crippen LogP contribution in [-0.2, 0) is 6.67 Å². The molecule has 0 bridgehead atoms. The van der Waals surface area contributed by atoms with Crippen molar-refractivity contribution in [3.05, 3.63) is 29.6 Å². The van der Waals surface area contributed by atoms with E-state index in [0.717, 1.165) is 12.2 Å². The quantitative estimate of drug-likeness (QED) is 0.270. The Kier molecular flexibility index (Phi) is 11.4. The lowest BCUT2D eigenvalue weighted by molar-refractivity contribution is 0.211. The summed E-state index contributed by atoms with van der Waals surface area (Å²) >= 11 is 0. The number of fused-ring (bicyclic) bond motifs is 1. The summed E-state index contributed by atoms with van der Waals surface area (Å²) < 4.78 is 2.36. The molecule has 0 spiro atoms. The van der Waals surface area contributed by atoms with E-state index in [1.807, 2.05) is 6.33 Å². The lowest BCUT2D eigenvalue weighted by Crippen LogP contribution is -2.28. The number of nitrogens with zero attached hydrogens (tertiary/aromatic N) is 3. The summed E-state index contributed by atoms with van der Waals surface area (Å²) in [4.78, 5) is 7.33. The lowest BCUT2D eigenvalue weighted by Gasteiger charge is -2.23. The third-order valence-electron chi connectivity index (χ3n) is 6.24. The molecule has 0 fully saturated rings. The van der Waals surface area contributed by atoms with Gasteiger partial charge in [0.25, 0.3) is 0 Å². The van der Waals surface area contributed by atoms with Crippen LogP contribution in [0.2, 0.25) is 0 Å². The van der Waals surface area contributed by atoms with Gasteiger partial charge in [0.15, 0.2) is 0 Å². The van der Waals surface area contributed by atoms with Crippen LogP contribution in [0.1, 0.15) is 102 Å². The van der Waals surface area contributed by atoms with Crippen molar-refractivity contribution >= 4 is 11.0 Å². The maximum atomic E-state index is 4.67. The number of rotatable bonds is 16. The first kappa shape index (κ1) is 23.9. The number of hydrogen-bond acceptors (Lipinski definition) is 2. The van der Waals surface area contributed by atoms with Crippen LogP contribution in [-0.4, -0.2) is 27.5 Å². The molecule has 3 heteroatoms. The Morgan fingerprint density at radius 1 is 0.724 bits per heavy atom. The minimum Gasteiger partial charge on any atom is -0.317 e. The molecule has 3 nitrogen and oxygen atoms in total. The summed E-state index contributed by atoms with van der Waals surface area (Å²) in [7, 11) is 0. The molecule has 0 N–H and O–H groups in total. The van der Waals surface area contributed by atoms with Gasteiger partial charge in [-0.05, 0) is 63.0 Å². The van der Waals surface area contributed by atoms with Crippen molar-refractivity contribution in [2.24, 2.45) is 0 Å². The topological polar surface area (TPSA) is 21.1 Å². The van der Waals surface area contributed by atoms with Crippen LogP contribution < -0.4 is 0 Å². The van der Waals surface area contributed by atoms with Gasteiger partial charge in [-0.2, -0.15) is 0 Å². The minimum atomic E-state index is 0.975. The highest BCUT2D eigenvalue weighted by Gasteiger charge is 2.10. The van der Waals surface area contributed by atoms with E-state index in [0.29, 0.717) is 0 Å². The molecule has 2 aromatic rings. The van der Waals surface area contributed by atoms with E-state index < -0.39 is 0 Å². The van der Waals surface area contributed by atoms with Crippen LogP contribution in [0.5, 0.6) is 0 Å². The van der Waals surface area contributed by atoms with Gasteiger partial charge in [-0.3, -0.25) is 4.90 Å². The second kappa shape index (κ2) is 13.8. The zero-order valence-corrected chi connectivity index (χ0v) is 19.7. The van der Waals surface area contributed by atoms with E-state index in [-0.39, 0.29) is 0 Å². The van der Waals surface area contributed by atoms with E-state index in [4.69, 9.17) is 0 Å². The van der Waals surface area contributed by atoms with Crippen LogP contribution in [0, 0.1) is 13.8 Å². The van der Waals surface area contributed by atoms with Crippen LogP contribution in [0.25, 0.3) is 11.0 Å². The normalized spacial score (nSPS) is 11.8. The molecular formula is C26H45N3. The van der Waals surface area contributed by atoms with Gasteiger partial charge in [-0.25, -0.2) is 4.98 Å². The summed E-state index contributed by atoms with van der Waals surface area (Å²) in [5.41, 5.74) is 5.10. The monoisotopic (exact) mass is 399 g/mol. The fraction of sp³-hybridized carbons (Fsp3) is 0.731. The molecule has 1 aromatic carbocycles. The molecular weight excluding hydrogens is 354 g/mol. The second-order valence-electron chi connectivity index (χ2n) is 8.93. The third kappa shape index (κ3) is 8.50. The van der Waals surface area contributed by atoms with E-state index >= 15 is 0 Å². The highest BCUT2D eigenvalue weighted by molar-refractivity contribution is 5.77. The van der Waals surface area contributed by atoms with Crippen molar-refractivity contribution in [1.29, 1.82) is 0 Å². The molecule has 0 aliphatic rings. The highest BCUT2D eigenvalue weighted by Crippen LogP contribution is 2.19. The van der Waals surface area contributed by atoms with Crippen molar-refractivity contribution in [1.82, 2.24) is 14.5 Å². The Hall–Kier alpha value is -1.35. The predicted octanol–water partition coefficient (Wildman–Crippen LogP) is 7.63. The zero-order valence-electron chi connectivity index (χ0n) is 19.7. The Morgan fingerprint density at radius 3 is 1.83 bits per heavy atom. The van der Waals surface area contributed by atoms with Gasteiger partial charge in [-0.15, -0.1) is 0 Å². The summed E-state index contributed by atoms with van der Waals surface area (Å²) in [5, 5.41) is 0. The molecule has 0 atom stereocenters. The molecule has 1 heterocycles. The number of unbranched alkanes of at least 4 members (excludes halogenated alkanes) is 10. The Bertz CT molecular complexity index is 673. The smallest absolute Gasteiger partial charge is 0.0969 e. The van der Waals surface area contributed by atoms with Crippen molar-refractivity contribution in [3.63, 3.8) is 0 Å². The van der Waals surface area contributed by atoms with Crippen LogP contribution in [0.4, 0.5) is 0 Å². The fourth-order valence-corrected chi connectivity index (χ4v) is 4.13. The van der Waals surface area contributed by atoms with Gasteiger partial charge < -0.3 is 4.57 Å². The summed E-state index contributed by atoms with van der Waals surface area (Å²) in [6, 6.07) is 4.54. The fourth-order valence-electron chi connectivity index (χ4n) is 4.13. The first-order chi connectivity index (χ1) is 14.2. The number of aromatic nitrogens is 2. The molecule has 0 saturated heterocycles. The molecule has 0 amide bonds. The van der Waals surface area contributed by atoms with E-state index in [9.17, 15) is 0 Å². The maximum Gasteiger partial charge on any atom is 0.0969 e. The molecule has 0 saturated carbocycles. The zero-order chi connectivity index (χ0) is 20.9. The van der Waals surface area contributed by atoms with Crippen molar-refractivity contribution < 1.29 is 0 Å². The summed E-state index contributed by atoms with van der Waals surface area (Å²) in [5.74, 6) is 0. The highest BCUT2D eigenvalue weighted by atomic mass is 15.3. The average molecular weight is 400 g/mol. The number of imidazole rings is 1. The number of hydrogen-bond donors (Lipinski definition) is 0. The van der Waals surface area contributed by atoms with Gasteiger partial charge in [0.05, 0.1) is 24.0 Å². The van der Waals surface area contributed by atoms with Gasteiger partial charge >= 0.3 is 0 Å². The SMILES string of the molecule is CCCCCCCCN(CCCCCCCC)Cn1cnc2cc(C)c(C)cc21. The Labute approximate surface area is 179 Å². The molecule has 1 aromatic heterocycles. The van der Waals surface area contributed by atoms with Crippen molar-refractivity contribution in [2.45, 2.75) is 111 Å². The van der Waals surface area contributed by atoms with E-state index in [2.05, 4.69) is 54.3 Å². The minimum absolute atomic E-state index is 0.975. The second-order valence-corrected chi connectivity index (χ2v) is 8.93. The first-order valence-corrected chi connectivity index (χ1v) is 12.3. The van der Waals surface area contributed by atoms with Gasteiger partial charge in [-0.1, -0.05) is 78.1 Å². The third-order valence-corrected chi connectivity index (χ3v) is 6.24. The summed E-state index contributed by atoms with van der Waals surface area (Å²) in [6.45, 7) is 12.4. The molecule has 0 aliphatic heterocycles. The number of benzene rings is 1. The molecule has 0 radical (unpaired) electrons. The maximum absolute atomic E-state index is 4.67. The largest absolute Gasteiger partial charge is 0.317 e. The van der Waals surface area contributed by atoms with Crippen LogP contribution in [0.15, 0.2) is 18.5 Å². The van der Waals surface area contributed by atoms with E-state index in [1.54, 1.807) is 0 Å². The van der Waals surface area contributed by atoms with Gasteiger partial charge in [0, 0.05) is 0 Å². The van der Waals surface area contributed by atoms with Crippen LogP contribution in [0.3, 0.4) is 0 Å². The van der Waals surface area contributed by atoms with Crippen molar-refractivity contribution in [3.8, 4) is 0 Å². The molecule has 29 heavy (non-hydrogen) atoms. The van der Waals surface area contributed by atoms with Gasteiger partial charge in [0.2, 0.25) is 0 Å². The number of aryl methyl sites for hydroxylation is 2. The first-order valence-electron chi connectivity index (χ1n) is 12.3. The van der Waals surface area contributed by atoms with E-state index in [1.165, 1.54) is 107 Å². The van der Waals surface area contributed by atoms with Crippen LogP contribution >= 0.6 is 0 Å². The van der Waals surface area contributed by atoms with Crippen molar-refractivity contribution in [2.75, 3.05) is 13.1 Å². The Morgan fingerprint density at radius 2 is 1.24 bits per heavy atom. The lowest BCUT2D eigenvalue weighted by atomic mass is 10.1. The molecule has 0 unspecified atom stereocenters. The molecule has 164 valence electrons. The average Bonchev–Trinajstić information content (AvgIpc) is 3.08. The molecule has 0 aliphatic carbocycles. The summed E-state index contributed by atoms with van der Waals surface area (Å²) in [6.07, 6.45) is 18.5.